The third-order valence-corrected chi connectivity index (χ3v) is 11.8. The van der Waals surface area contributed by atoms with E-state index in [1.807, 2.05) is 36.0 Å². The van der Waals surface area contributed by atoms with Gasteiger partial charge in [0.2, 0.25) is 17.7 Å². The van der Waals surface area contributed by atoms with Gasteiger partial charge < -0.3 is 9.80 Å². The quantitative estimate of drug-likeness (QED) is 0.187. The van der Waals surface area contributed by atoms with Crippen LogP contribution in [0.3, 0.4) is 0 Å². The zero-order chi connectivity index (χ0) is 38.5. The molecule has 3 aliphatic rings. The second kappa shape index (κ2) is 14.5. The van der Waals surface area contributed by atoms with Crippen LogP contribution in [0.2, 0.25) is 0 Å². The van der Waals surface area contributed by atoms with E-state index in [9.17, 15) is 14.4 Å². The zero-order valence-electron chi connectivity index (χ0n) is 31.5. The van der Waals surface area contributed by atoms with Crippen molar-refractivity contribution in [2.45, 2.75) is 63.8 Å². The van der Waals surface area contributed by atoms with Gasteiger partial charge in [-0.3, -0.25) is 34.2 Å². The molecular weight excluding hydrogens is 712 g/mol. The van der Waals surface area contributed by atoms with Gasteiger partial charge in [-0.15, -0.1) is 5.10 Å². The number of aryl methyl sites for hydroxylation is 3. The average molecular weight is 755 g/mol. The molecule has 6 heterocycles. The second-order valence-electron chi connectivity index (χ2n) is 15.2. The molecule has 0 aliphatic carbocycles. The van der Waals surface area contributed by atoms with Gasteiger partial charge in [0.1, 0.15) is 5.52 Å². The summed E-state index contributed by atoms with van der Waals surface area (Å²) in [6.07, 6.45) is 10.7. The molecule has 2 N–H and O–H groups in total. The zero-order valence-corrected chi connectivity index (χ0v) is 31.5. The molecular formula is C42H43FN10O3. The van der Waals surface area contributed by atoms with Crippen LogP contribution < -0.4 is 10.2 Å². The number of nitrogens with zero attached hydrogens (tertiary/aromatic N) is 8. The van der Waals surface area contributed by atoms with E-state index in [0.717, 1.165) is 75.9 Å². The summed E-state index contributed by atoms with van der Waals surface area (Å²) in [5.74, 6) is -0.935. The van der Waals surface area contributed by atoms with Crippen molar-refractivity contribution in [1.29, 1.82) is 0 Å². The Kier molecular flexibility index (Phi) is 9.18. The van der Waals surface area contributed by atoms with Gasteiger partial charge in [-0.2, -0.15) is 10.2 Å². The first-order chi connectivity index (χ1) is 27.2. The smallest absolute Gasteiger partial charge is 0.235 e. The molecule has 286 valence electrons. The van der Waals surface area contributed by atoms with E-state index in [1.54, 1.807) is 28.2 Å². The van der Waals surface area contributed by atoms with Crippen molar-refractivity contribution in [3.8, 4) is 11.1 Å². The molecule has 6 aromatic rings. The minimum Gasteiger partial charge on any atom is -0.370 e. The summed E-state index contributed by atoms with van der Waals surface area (Å²) in [6.45, 7) is 5.22. The number of fused-ring (bicyclic) bond motifs is 2. The first-order valence-electron chi connectivity index (χ1n) is 19.4. The van der Waals surface area contributed by atoms with Gasteiger partial charge in [0.15, 0.2) is 5.82 Å². The number of benzene rings is 3. The number of nitrogens with one attached hydrogen (secondary N) is 2. The normalized spacial score (nSPS) is 18.2. The molecule has 3 aromatic heterocycles. The van der Waals surface area contributed by atoms with Crippen LogP contribution in [0, 0.1) is 12.7 Å². The van der Waals surface area contributed by atoms with Crippen LogP contribution in [0.4, 0.5) is 10.1 Å². The lowest BCUT2D eigenvalue weighted by molar-refractivity contribution is -0.134. The number of halogens is 1. The molecule has 0 radical (unpaired) electrons. The molecule has 0 bridgehead atoms. The fraction of sp³-hybridized carbons (Fsp3) is 0.357. The lowest BCUT2D eigenvalue weighted by atomic mass is 9.85. The van der Waals surface area contributed by atoms with Crippen molar-refractivity contribution in [1.82, 2.24) is 45.2 Å². The standard InChI is InChI=1S/C42H43FN10O3/c1-25-21-27(26-12-17-51(18-13-26)35-7-3-6-30-39(48-50(2)41(30)35)31-10-11-36(54)46-42(31)56)8-9-29(25)33-22-32(38(43)40-34(33)23-45-47-40)28-5-4-16-52(24-28)37(55)14-19-53-20-15-44-49-53/h3,5-9,15,20-23,26,31H,4,10-14,16-19,24H2,1-2H3,(H,45,47)(H,46,54,56). The number of carbonyl (C=O) groups is 3. The Bertz CT molecular complexity index is 2530. The summed E-state index contributed by atoms with van der Waals surface area (Å²) in [4.78, 5) is 41.9. The Morgan fingerprint density at radius 1 is 1.00 bits per heavy atom. The molecule has 3 aliphatic heterocycles. The largest absolute Gasteiger partial charge is 0.370 e. The van der Waals surface area contributed by atoms with Crippen LogP contribution in [0.15, 0.2) is 67.1 Å². The van der Waals surface area contributed by atoms with E-state index in [1.165, 1.54) is 5.56 Å². The number of aromatic amines is 1. The Morgan fingerprint density at radius 3 is 2.64 bits per heavy atom. The number of hydrogen-bond acceptors (Lipinski definition) is 8. The minimum absolute atomic E-state index is 0.000403. The molecule has 0 saturated carbocycles. The van der Waals surface area contributed by atoms with Crippen LogP contribution in [-0.4, -0.2) is 83.8 Å². The lowest BCUT2D eigenvalue weighted by Crippen LogP contribution is -2.39. The van der Waals surface area contributed by atoms with Gasteiger partial charge in [-0.25, -0.2) is 4.39 Å². The molecule has 2 saturated heterocycles. The highest BCUT2D eigenvalue weighted by Crippen LogP contribution is 2.40. The van der Waals surface area contributed by atoms with Crippen LogP contribution in [0.5, 0.6) is 0 Å². The number of piperidine rings is 2. The predicted octanol–water partition coefficient (Wildman–Crippen LogP) is 5.77. The van der Waals surface area contributed by atoms with Crippen molar-refractivity contribution < 1.29 is 18.8 Å². The van der Waals surface area contributed by atoms with E-state index in [0.29, 0.717) is 62.3 Å². The molecule has 2 fully saturated rings. The highest BCUT2D eigenvalue weighted by Gasteiger charge is 2.33. The number of carbonyl (C=O) groups excluding carboxylic acids is 3. The number of para-hydroxylation sites is 1. The summed E-state index contributed by atoms with van der Waals surface area (Å²) < 4.78 is 19.7. The minimum atomic E-state index is -0.442. The van der Waals surface area contributed by atoms with Crippen molar-refractivity contribution in [2.75, 3.05) is 31.1 Å². The first kappa shape index (κ1) is 35.5. The predicted molar refractivity (Wildman–Crippen MR) is 210 cm³/mol. The van der Waals surface area contributed by atoms with E-state index >= 15 is 4.39 Å². The molecule has 14 heteroatoms. The van der Waals surface area contributed by atoms with Crippen LogP contribution in [0.1, 0.15) is 72.7 Å². The third kappa shape index (κ3) is 6.42. The Morgan fingerprint density at radius 2 is 1.86 bits per heavy atom. The number of imide groups is 1. The molecule has 1 unspecified atom stereocenters. The SMILES string of the molecule is Cc1cc(C2CCN(c3cccc4c(C5CCC(=O)NC5=O)nn(C)c34)CC2)ccc1-c1cc(C2=CCCN(C(=O)CCn3ccnn3)C2)c(F)c2[nH]ncc12. The van der Waals surface area contributed by atoms with E-state index in [2.05, 4.69) is 61.9 Å². The summed E-state index contributed by atoms with van der Waals surface area (Å²) in [5, 5.41) is 23.8. The van der Waals surface area contributed by atoms with Crippen LogP contribution in [0.25, 0.3) is 38.5 Å². The number of hydrogen-bond donors (Lipinski definition) is 2. The topological polar surface area (TPSA) is 147 Å². The Balaban J connectivity index is 0.927. The Hall–Kier alpha value is -6.18. The van der Waals surface area contributed by atoms with Crippen molar-refractivity contribution in [3.63, 3.8) is 0 Å². The van der Waals surface area contributed by atoms with E-state index < -0.39 is 5.92 Å². The number of amides is 3. The molecule has 9 rings (SSSR count). The summed E-state index contributed by atoms with van der Waals surface area (Å²) in [6, 6.07) is 14.7. The van der Waals surface area contributed by atoms with Crippen LogP contribution in [-0.2, 0) is 28.0 Å². The molecule has 0 spiro atoms. The highest BCUT2D eigenvalue weighted by molar-refractivity contribution is 6.04. The number of anilines is 1. The van der Waals surface area contributed by atoms with Crippen molar-refractivity contribution in [3.05, 3.63) is 95.3 Å². The number of H-pyrrole nitrogens is 1. The maximum atomic E-state index is 16.2. The number of aromatic nitrogens is 7. The van der Waals surface area contributed by atoms with Crippen molar-refractivity contribution >= 4 is 50.8 Å². The molecule has 3 aromatic carbocycles. The molecule has 3 amide bonds. The molecule has 56 heavy (non-hydrogen) atoms. The van der Waals surface area contributed by atoms with Gasteiger partial charge >= 0.3 is 0 Å². The van der Waals surface area contributed by atoms with E-state index in [4.69, 9.17) is 5.10 Å². The highest BCUT2D eigenvalue weighted by atomic mass is 19.1. The van der Waals surface area contributed by atoms with Gasteiger partial charge in [-0.1, -0.05) is 41.6 Å². The maximum absolute atomic E-state index is 16.2. The second-order valence-corrected chi connectivity index (χ2v) is 15.2. The fourth-order valence-corrected chi connectivity index (χ4v) is 8.91. The van der Waals surface area contributed by atoms with E-state index in [-0.39, 0.29) is 23.5 Å². The third-order valence-electron chi connectivity index (χ3n) is 11.8. The fourth-order valence-electron chi connectivity index (χ4n) is 8.91. The average Bonchev–Trinajstić information content (AvgIpc) is 3.99. The maximum Gasteiger partial charge on any atom is 0.235 e. The lowest BCUT2D eigenvalue weighted by Gasteiger charge is -2.34. The summed E-state index contributed by atoms with van der Waals surface area (Å²) in [7, 11) is 1.92. The van der Waals surface area contributed by atoms with Crippen molar-refractivity contribution in [2.24, 2.45) is 7.05 Å². The summed E-state index contributed by atoms with van der Waals surface area (Å²) >= 11 is 0. The summed E-state index contributed by atoms with van der Waals surface area (Å²) in [5.41, 5.74) is 8.76. The monoisotopic (exact) mass is 754 g/mol. The molecule has 13 nitrogen and oxygen atoms in total. The Labute approximate surface area is 322 Å². The molecule has 1 atom stereocenters. The number of rotatable bonds is 8. The van der Waals surface area contributed by atoms with Crippen LogP contribution >= 0.6 is 0 Å². The van der Waals surface area contributed by atoms with Gasteiger partial charge in [-0.05, 0) is 78.5 Å². The van der Waals surface area contributed by atoms with Gasteiger partial charge in [0.25, 0.3) is 0 Å². The van der Waals surface area contributed by atoms with Gasteiger partial charge in [0.05, 0.1) is 41.8 Å². The first-order valence-corrected chi connectivity index (χ1v) is 19.4. The van der Waals surface area contributed by atoms with Gasteiger partial charge in [0, 0.05) is 68.6 Å².